The van der Waals surface area contributed by atoms with Crippen LogP contribution in [0.25, 0.3) is 0 Å². The van der Waals surface area contributed by atoms with Crippen LogP contribution < -0.4 is 5.73 Å². The third kappa shape index (κ3) is 5.22. The molecule has 0 aliphatic heterocycles. The van der Waals surface area contributed by atoms with Crippen molar-refractivity contribution in [2.45, 2.75) is 45.7 Å². The van der Waals surface area contributed by atoms with Gasteiger partial charge in [0.05, 0.1) is 0 Å². The average Bonchev–Trinajstić information content (AvgIpc) is 1.80. The molecule has 0 amide bonds. The Labute approximate surface area is 70.8 Å². The summed E-state index contributed by atoms with van der Waals surface area (Å²) in [5, 5.41) is 0. The number of hydrogen-bond donors (Lipinski definition) is 1. The van der Waals surface area contributed by atoms with E-state index in [-0.39, 0.29) is 5.54 Å². The van der Waals surface area contributed by atoms with Crippen molar-refractivity contribution in [3.8, 4) is 0 Å². The fraction of sp³-hybridized carbons (Fsp3) is 1.00. The fourth-order valence-corrected chi connectivity index (χ4v) is 0.733. The van der Waals surface area contributed by atoms with E-state index in [2.05, 4.69) is 39.6 Å². The molecule has 0 aliphatic rings. The molecule has 0 radical (unpaired) electrons. The maximum atomic E-state index is 5.66. The van der Waals surface area contributed by atoms with Crippen molar-refractivity contribution < 1.29 is 0 Å². The summed E-state index contributed by atoms with van der Waals surface area (Å²) in [4.78, 5) is 2.33. The van der Waals surface area contributed by atoms with Gasteiger partial charge in [-0.15, -0.1) is 0 Å². The van der Waals surface area contributed by atoms with Gasteiger partial charge in [-0.05, 0) is 47.7 Å². The van der Waals surface area contributed by atoms with E-state index >= 15 is 0 Å². The Hall–Kier alpha value is -0.0800. The lowest BCUT2D eigenvalue weighted by molar-refractivity contribution is 0.171. The molecular formula is C9H22N2. The quantitative estimate of drug-likeness (QED) is 0.673. The van der Waals surface area contributed by atoms with Crippen LogP contribution in [0.15, 0.2) is 0 Å². The van der Waals surface area contributed by atoms with Gasteiger partial charge >= 0.3 is 0 Å². The van der Waals surface area contributed by atoms with Crippen LogP contribution in [-0.2, 0) is 0 Å². The lowest BCUT2D eigenvalue weighted by Gasteiger charge is -2.32. The van der Waals surface area contributed by atoms with Gasteiger partial charge < -0.3 is 10.6 Å². The summed E-state index contributed by atoms with van der Waals surface area (Å²) in [6.07, 6.45) is 1.08. The second-order valence-corrected chi connectivity index (χ2v) is 4.36. The first-order valence-electron chi connectivity index (χ1n) is 4.31. The molecule has 11 heavy (non-hydrogen) atoms. The third-order valence-electron chi connectivity index (χ3n) is 2.07. The number of nitrogens with two attached hydrogens (primary N) is 1. The van der Waals surface area contributed by atoms with Crippen molar-refractivity contribution in [2.75, 3.05) is 13.6 Å². The molecule has 0 aliphatic carbocycles. The van der Waals surface area contributed by atoms with E-state index in [9.17, 15) is 0 Å². The normalized spacial score (nSPS) is 15.5. The Bertz CT molecular complexity index is 103. The molecule has 0 saturated heterocycles. The number of nitrogens with zero attached hydrogens (tertiary/aromatic N) is 1. The predicted molar refractivity (Wildman–Crippen MR) is 50.6 cm³/mol. The monoisotopic (exact) mass is 158 g/mol. The second kappa shape index (κ2) is 4.07. The van der Waals surface area contributed by atoms with E-state index in [1.165, 1.54) is 0 Å². The van der Waals surface area contributed by atoms with Crippen molar-refractivity contribution in [3.05, 3.63) is 0 Å². The molecule has 1 unspecified atom stereocenters. The standard InChI is InChI=1S/C9H22N2/c1-8(10)6-7-11(5)9(2,3)4/h8H,6-7,10H2,1-5H3. The predicted octanol–water partition coefficient (Wildman–Crippen LogP) is 1.45. The summed E-state index contributed by atoms with van der Waals surface area (Å²) in [6, 6.07) is 0.319. The molecule has 1 atom stereocenters. The Morgan fingerprint density at radius 3 is 2.09 bits per heavy atom. The molecule has 0 heterocycles. The lowest BCUT2D eigenvalue weighted by Crippen LogP contribution is -2.40. The first-order valence-corrected chi connectivity index (χ1v) is 4.31. The second-order valence-electron chi connectivity index (χ2n) is 4.36. The van der Waals surface area contributed by atoms with Crippen LogP contribution in [0.3, 0.4) is 0 Å². The molecule has 2 nitrogen and oxygen atoms in total. The molecule has 0 saturated carbocycles. The van der Waals surface area contributed by atoms with Gasteiger partial charge in [-0.25, -0.2) is 0 Å². The molecule has 0 aromatic rings. The van der Waals surface area contributed by atoms with Crippen molar-refractivity contribution in [3.63, 3.8) is 0 Å². The summed E-state index contributed by atoms with van der Waals surface area (Å²) in [7, 11) is 2.14. The van der Waals surface area contributed by atoms with Crippen LogP contribution in [-0.4, -0.2) is 30.1 Å². The van der Waals surface area contributed by atoms with Gasteiger partial charge in [-0.1, -0.05) is 0 Å². The maximum Gasteiger partial charge on any atom is 0.0122 e. The largest absolute Gasteiger partial charge is 0.328 e. The van der Waals surface area contributed by atoms with Crippen LogP contribution >= 0.6 is 0 Å². The van der Waals surface area contributed by atoms with Crippen LogP contribution in [0.4, 0.5) is 0 Å². The maximum absolute atomic E-state index is 5.66. The first kappa shape index (κ1) is 10.9. The van der Waals surface area contributed by atoms with Crippen molar-refractivity contribution in [2.24, 2.45) is 5.73 Å². The van der Waals surface area contributed by atoms with E-state index in [1.54, 1.807) is 0 Å². The highest BCUT2D eigenvalue weighted by molar-refractivity contribution is 4.73. The van der Waals surface area contributed by atoms with Gasteiger partial charge in [-0.2, -0.15) is 0 Å². The van der Waals surface area contributed by atoms with Crippen LogP contribution in [0.2, 0.25) is 0 Å². The first-order chi connectivity index (χ1) is 4.84. The summed E-state index contributed by atoms with van der Waals surface area (Å²) < 4.78 is 0. The van der Waals surface area contributed by atoms with Gasteiger partial charge in [0.25, 0.3) is 0 Å². The molecular weight excluding hydrogens is 136 g/mol. The molecule has 2 heteroatoms. The zero-order valence-corrected chi connectivity index (χ0v) is 8.52. The summed E-state index contributed by atoms with van der Waals surface area (Å²) in [5.41, 5.74) is 5.93. The highest BCUT2D eigenvalue weighted by Crippen LogP contribution is 2.10. The van der Waals surface area contributed by atoms with Crippen molar-refractivity contribution >= 4 is 0 Å². The SMILES string of the molecule is CC(N)CCN(C)C(C)(C)C. The van der Waals surface area contributed by atoms with Gasteiger partial charge in [0, 0.05) is 11.6 Å². The summed E-state index contributed by atoms with van der Waals surface area (Å²) in [6.45, 7) is 9.79. The van der Waals surface area contributed by atoms with Gasteiger partial charge in [-0.3, -0.25) is 0 Å². The minimum absolute atomic E-state index is 0.273. The Balaban J connectivity index is 3.61. The summed E-state index contributed by atoms with van der Waals surface area (Å²) in [5.74, 6) is 0. The number of rotatable bonds is 3. The van der Waals surface area contributed by atoms with Gasteiger partial charge in [0.1, 0.15) is 0 Å². The van der Waals surface area contributed by atoms with Crippen LogP contribution in [0.1, 0.15) is 34.1 Å². The van der Waals surface area contributed by atoms with E-state index in [1.807, 2.05) is 0 Å². The number of hydrogen-bond acceptors (Lipinski definition) is 2. The van der Waals surface area contributed by atoms with Crippen molar-refractivity contribution in [1.29, 1.82) is 0 Å². The molecule has 0 bridgehead atoms. The molecule has 0 spiro atoms. The third-order valence-corrected chi connectivity index (χ3v) is 2.07. The summed E-state index contributed by atoms with van der Waals surface area (Å²) >= 11 is 0. The van der Waals surface area contributed by atoms with Crippen LogP contribution in [0, 0.1) is 0 Å². The molecule has 2 N–H and O–H groups in total. The zero-order valence-electron chi connectivity index (χ0n) is 8.52. The van der Waals surface area contributed by atoms with E-state index in [4.69, 9.17) is 5.73 Å². The lowest BCUT2D eigenvalue weighted by atomic mass is 10.1. The molecule has 68 valence electrons. The van der Waals surface area contributed by atoms with E-state index < -0.39 is 0 Å². The highest BCUT2D eigenvalue weighted by atomic mass is 15.2. The Morgan fingerprint density at radius 2 is 1.82 bits per heavy atom. The van der Waals surface area contributed by atoms with Crippen molar-refractivity contribution in [1.82, 2.24) is 4.90 Å². The smallest absolute Gasteiger partial charge is 0.0122 e. The minimum Gasteiger partial charge on any atom is -0.328 e. The topological polar surface area (TPSA) is 29.3 Å². The zero-order chi connectivity index (χ0) is 9.07. The molecule has 0 rings (SSSR count). The molecule has 0 aromatic carbocycles. The Kier molecular flexibility index (Phi) is 4.04. The fourth-order valence-electron chi connectivity index (χ4n) is 0.733. The van der Waals surface area contributed by atoms with E-state index in [0.29, 0.717) is 6.04 Å². The average molecular weight is 158 g/mol. The van der Waals surface area contributed by atoms with Crippen LogP contribution in [0.5, 0.6) is 0 Å². The van der Waals surface area contributed by atoms with E-state index in [0.717, 1.165) is 13.0 Å². The Morgan fingerprint density at radius 1 is 1.36 bits per heavy atom. The molecule has 0 aromatic heterocycles. The highest BCUT2D eigenvalue weighted by Gasteiger charge is 2.16. The van der Waals surface area contributed by atoms with Gasteiger partial charge in [0.15, 0.2) is 0 Å². The minimum atomic E-state index is 0.273. The molecule has 0 fully saturated rings. The van der Waals surface area contributed by atoms with Gasteiger partial charge in [0.2, 0.25) is 0 Å².